The fourth-order valence-electron chi connectivity index (χ4n) is 9.58. The molecule has 4 aromatic carbocycles. The molecule has 2 aliphatic heterocycles. The van der Waals surface area contributed by atoms with Crippen molar-refractivity contribution in [2.24, 2.45) is 23.7 Å². The van der Waals surface area contributed by atoms with Crippen molar-refractivity contribution in [2.75, 3.05) is 27.3 Å². The number of ether oxygens (including phenoxy) is 2. The molecule has 12 heteroatoms. The number of nitrogens with one attached hydrogen (secondary N) is 2. The number of benzene rings is 4. The maximum absolute atomic E-state index is 14.0. The molecule has 2 N–H and O–H groups in total. The van der Waals surface area contributed by atoms with Crippen LogP contribution in [0.15, 0.2) is 109 Å². The van der Waals surface area contributed by atoms with Crippen LogP contribution in [-0.2, 0) is 28.7 Å². The lowest BCUT2D eigenvalue weighted by molar-refractivity contribution is -0.148. The predicted molar refractivity (Wildman–Crippen MR) is 255 cm³/mol. The molecule has 2 aliphatic rings. The fraction of sp³-hybridized carbons (Fsp3) is 0.370. The topological polar surface area (TPSA) is 151 Å². The molecule has 0 saturated carbocycles. The molecule has 0 radical (unpaired) electrons. The third kappa shape index (κ3) is 9.59. The lowest BCUT2D eigenvalue weighted by atomic mass is 9.90. The Labute approximate surface area is 387 Å². The van der Waals surface area contributed by atoms with Crippen molar-refractivity contribution >= 4 is 23.8 Å². The number of likely N-dealkylation sites (tertiary alicyclic amines) is 2. The SMILES string of the molecule is COC(=O)C[C@H](C(=O)N1CCC[C@H]1c1nc(-c2ccccc2)c(-c2ccc(-c3ccc(-c4[nH]c([C@@H]5CCCN5C(=O)[C@@H](CC(=O)OC)C(C)C)nc4-c4ccccc4)cc3)cc2)[nH]1)C(C)C. The van der Waals surface area contributed by atoms with Crippen LogP contribution in [0.25, 0.3) is 56.2 Å². The van der Waals surface area contributed by atoms with Crippen LogP contribution in [0, 0.1) is 23.7 Å². The number of esters is 2. The zero-order valence-corrected chi connectivity index (χ0v) is 38.8. The number of hydrogen-bond acceptors (Lipinski definition) is 8. The van der Waals surface area contributed by atoms with Gasteiger partial charge in [0.05, 0.1) is 73.8 Å². The van der Waals surface area contributed by atoms with E-state index >= 15 is 0 Å². The van der Waals surface area contributed by atoms with Gasteiger partial charge in [0.2, 0.25) is 11.8 Å². The van der Waals surface area contributed by atoms with Gasteiger partial charge in [-0.05, 0) is 48.6 Å². The third-order valence-electron chi connectivity index (χ3n) is 13.4. The highest BCUT2D eigenvalue weighted by molar-refractivity contribution is 5.86. The first kappa shape index (κ1) is 45.7. The minimum Gasteiger partial charge on any atom is -0.469 e. The van der Waals surface area contributed by atoms with Crippen molar-refractivity contribution in [1.82, 2.24) is 29.7 Å². The highest BCUT2D eigenvalue weighted by atomic mass is 16.5. The van der Waals surface area contributed by atoms with Gasteiger partial charge in [-0.15, -0.1) is 0 Å². The Balaban J connectivity index is 1.07. The van der Waals surface area contributed by atoms with E-state index in [4.69, 9.17) is 19.4 Å². The quantitative estimate of drug-likeness (QED) is 0.0968. The normalized spacial score (nSPS) is 17.0. The number of aromatic amines is 2. The summed E-state index contributed by atoms with van der Waals surface area (Å²) in [7, 11) is 2.72. The van der Waals surface area contributed by atoms with E-state index in [1.807, 2.05) is 98.2 Å². The summed E-state index contributed by atoms with van der Waals surface area (Å²) >= 11 is 0. The van der Waals surface area contributed by atoms with Crippen LogP contribution in [-0.4, -0.2) is 80.8 Å². The van der Waals surface area contributed by atoms with E-state index in [1.54, 1.807) is 0 Å². The monoisotopic (exact) mass is 888 g/mol. The van der Waals surface area contributed by atoms with Crippen LogP contribution in [0.2, 0.25) is 0 Å². The maximum Gasteiger partial charge on any atom is 0.306 e. The summed E-state index contributed by atoms with van der Waals surface area (Å²) in [5.74, 6) is -0.397. The van der Waals surface area contributed by atoms with Crippen LogP contribution >= 0.6 is 0 Å². The predicted octanol–water partition coefficient (Wildman–Crippen LogP) is 10.5. The van der Waals surface area contributed by atoms with Gasteiger partial charge in [0.15, 0.2) is 0 Å². The zero-order chi connectivity index (χ0) is 46.5. The van der Waals surface area contributed by atoms with E-state index in [9.17, 15) is 19.2 Å². The van der Waals surface area contributed by atoms with Crippen molar-refractivity contribution in [1.29, 1.82) is 0 Å². The zero-order valence-electron chi connectivity index (χ0n) is 38.8. The van der Waals surface area contributed by atoms with Crippen LogP contribution in [0.1, 0.15) is 90.0 Å². The molecular formula is C54H60N6O6. The smallest absolute Gasteiger partial charge is 0.306 e. The molecule has 342 valence electrons. The van der Waals surface area contributed by atoms with Crippen molar-refractivity contribution in [3.05, 3.63) is 121 Å². The molecule has 2 aromatic heterocycles. The molecule has 2 saturated heterocycles. The van der Waals surface area contributed by atoms with Gasteiger partial charge in [-0.1, -0.05) is 137 Å². The number of aromatic nitrogens is 4. The largest absolute Gasteiger partial charge is 0.469 e. The molecule has 66 heavy (non-hydrogen) atoms. The van der Waals surface area contributed by atoms with Crippen LogP contribution in [0.3, 0.4) is 0 Å². The number of hydrogen-bond donors (Lipinski definition) is 2. The molecule has 0 aliphatic carbocycles. The first-order valence-corrected chi connectivity index (χ1v) is 23.2. The lowest BCUT2D eigenvalue weighted by Gasteiger charge is -2.29. The molecule has 12 nitrogen and oxygen atoms in total. The second-order valence-electron chi connectivity index (χ2n) is 18.2. The Bertz CT molecular complexity index is 2450. The fourth-order valence-corrected chi connectivity index (χ4v) is 9.58. The van der Waals surface area contributed by atoms with Gasteiger partial charge in [-0.2, -0.15) is 0 Å². The molecule has 0 spiro atoms. The van der Waals surface area contributed by atoms with Gasteiger partial charge < -0.3 is 29.2 Å². The Morgan fingerprint density at radius 1 is 0.530 bits per heavy atom. The van der Waals surface area contributed by atoms with Crippen LogP contribution < -0.4 is 0 Å². The summed E-state index contributed by atoms with van der Waals surface area (Å²) in [5, 5.41) is 0. The van der Waals surface area contributed by atoms with Crippen molar-refractivity contribution in [2.45, 2.75) is 78.3 Å². The van der Waals surface area contributed by atoms with E-state index in [2.05, 4.69) is 58.5 Å². The summed E-state index contributed by atoms with van der Waals surface area (Å²) in [6.45, 7) is 9.10. The van der Waals surface area contributed by atoms with Gasteiger partial charge >= 0.3 is 11.9 Å². The summed E-state index contributed by atoms with van der Waals surface area (Å²) < 4.78 is 9.89. The lowest BCUT2D eigenvalue weighted by Crippen LogP contribution is -2.39. The van der Waals surface area contributed by atoms with E-state index < -0.39 is 11.8 Å². The standard InChI is InChI=1S/C54H60N6O6/c1-33(2)41(31-45(61)65-5)53(63)59-29-13-19-43(59)51-55-47(37-15-9-7-10-16-37)49(57-51)39-25-21-35(22-26-39)36-23-27-40(28-24-36)50-48(38-17-11-8-12-18-38)56-52(58-50)44-20-14-30-60(44)54(64)42(34(3)4)32-46(62)66-6/h7-12,15-18,21-28,33-34,41-44H,13-14,19-20,29-32H2,1-6H3,(H,55,57)(H,56,58)/t41-,42-,43-,44-/m0/s1. The second-order valence-corrected chi connectivity index (χ2v) is 18.2. The second kappa shape index (κ2) is 20.1. The minimum absolute atomic E-state index is 0.0268. The number of carbonyl (C=O) groups is 4. The number of amides is 2. The number of H-pyrrole nitrogens is 2. The Kier molecular flexibility index (Phi) is 14.0. The Morgan fingerprint density at radius 2 is 0.879 bits per heavy atom. The molecule has 2 fully saturated rings. The van der Waals surface area contributed by atoms with Crippen molar-refractivity contribution in [3.63, 3.8) is 0 Å². The molecule has 4 heterocycles. The summed E-state index contributed by atoms with van der Waals surface area (Å²) in [4.78, 5) is 74.1. The summed E-state index contributed by atoms with van der Waals surface area (Å²) in [6.07, 6.45) is 3.33. The molecule has 4 atom stereocenters. The van der Waals surface area contributed by atoms with Crippen LogP contribution in [0.5, 0.6) is 0 Å². The number of methoxy groups -OCH3 is 2. The average Bonchev–Trinajstić information content (AvgIpc) is 4.19. The average molecular weight is 889 g/mol. The molecule has 0 bridgehead atoms. The molecule has 6 aromatic rings. The first-order chi connectivity index (χ1) is 31.9. The minimum atomic E-state index is -0.477. The highest BCUT2D eigenvalue weighted by Gasteiger charge is 2.40. The highest BCUT2D eigenvalue weighted by Crippen LogP contribution is 2.41. The first-order valence-electron chi connectivity index (χ1n) is 23.2. The Hall–Kier alpha value is -6.82. The molecular weight excluding hydrogens is 829 g/mol. The van der Waals surface area contributed by atoms with E-state index in [0.717, 1.165) is 93.5 Å². The maximum atomic E-state index is 14.0. The van der Waals surface area contributed by atoms with Gasteiger partial charge in [-0.3, -0.25) is 19.2 Å². The number of rotatable bonds is 15. The van der Waals surface area contributed by atoms with Gasteiger partial charge in [-0.25, -0.2) is 9.97 Å². The van der Waals surface area contributed by atoms with E-state index in [1.165, 1.54) is 14.2 Å². The Morgan fingerprint density at radius 3 is 1.21 bits per heavy atom. The summed E-state index contributed by atoms with van der Waals surface area (Å²) in [6, 6.07) is 36.6. The third-order valence-corrected chi connectivity index (χ3v) is 13.4. The number of carbonyl (C=O) groups excluding carboxylic acids is 4. The number of imidazole rings is 2. The van der Waals surface area contributed by atoms with Crippen LogP contribution in [0.4, 0.5) is 0 Å². The van der Waals surface area contributed by atoms with Crippen molar-refractivity contribution < 1.29 is 28.7 Å². The van der Waals surface area contributed by atoms with E-state index in [0.29, 0.717) is 13.1 Å². The van der Waals surface area contributed by atoms with Crippen molar-refractivity contribution in [3.8, 4) is 56.2 Å². The van der Waals surface area contributed by atoms with E-state index in [-0.39, 0.29) is 60.5 Å². The molecule has 2 amide bonds. The summed E-state index contributed by atoms with van der Waals surface area (Å²) in [5.41, 5.74) is 9.36. The number of nitrogens with zero attached hydrogens (tertiary/aromatic N) is 4. The molecule has 0 unspecified atom stereocenters. The van der Waals surface area contributed by atoms with Gasteiger partial charge in [0.25, 0.3) is 0 Å². The van der Waals surface area contributed by atoms with Gasteiger partial charge in [0.1, 0.15) is 11.6 Å². The van der Waals surface area contributed by atoms with Gasteiger partial charge in [0, 0.05) is 35.3 Å². The molecule has 8 rings (SSSR count).